The van der Waals surface area contributed by atoms with Gasteiger partial charge in [-0.2, -0.15) is 5.26 Å². The molecule has 0 saturated carbocycles. The number of hydrogen-bond acceptors (Lipinski definition) is 7. The number of pyridine rings is 1. The quantitative estimate of drug-likeness (QED) is 0.335. The summed E-state index contributed by atoms with van der Waals surface area (Å²) in [6.07, 6.45) is 3.09. The van der Waals surface area contributed by atoms with E-state index in [2.05, 4.69) is 11.1 Å². The molecular weight excluding hydrogens is 508 g/mol. The highest BCUT2D eigenvalue weighted by atomic mass is 16.5. The highest BCUT2D eigenvalue weighted by molar-refractivity contribution is 5.96. The van der Waals surface area contributed by atoms with Crippen LogP contribution in [0.1, 0.15) is 35.7 Å². The van der Waals surface area contributed by atoms with E-state index in [1.54, 1.807) is 58.6 Å². The number of hydrogen-bond donors (Lipinski definition) is 0. The van der Waals surface area contributed by atoms with Crippen LogP contribution < -0.4 is 9.47 Å². The summed E-state index contributed by atoms with van der Waals surface area (Å²) in [5.74, 6) is 1.53. The van der Waals surface area contributed by atoms with E-state index in [9.17, 15) is 14.9 Å². The van der Waals surface area contributed by atoms with Crippen molar-refractivity contribution in [2.24, 2.45) is 0 Å². The summed E-state index contributed by atoms with van der Waals surface area (Å²) in [4.78, 5) is 31.8. The summed E-state index contributed by atoms with van der Waals surface area (Å²) in [5, 5.41) is 9.89. The SMILES string of the molecule is COc1cc(C(=O)N(C)C)ccc1-c1cc2nccc(-c3ccc(OC4CCN(C(C)=O)CC4)c(C#N)c3)c2o1. The first-order valence-corrected chi connectivity index (χ1v) is 13.0. The van der Waals surface area contributed by atoms with Crippen molar-refractivity contribution in [1.29, 1.82) is 5.26 Å². The van der Waals surface area contributed by atoms with Crippen LogP contribution in [0.25, 0.3) is 33.6 Å². The molecule has 1 fully saturated rings. The van der Waals surface area contributed by atoms with Gasteiger partial charge in [-0.05, 0) is 42.0 Å². The second-order valence-electron chi connectivity index (χ2n) is 9.94. The molecule has 0 N–H and O–H groups in total. The maximum atomic E-state index is 12.4. The molecule has 4 aromatic rings. The van der Waals surface area contributed by atoms with E-state index in [-0.39, 0.29) is 17.9 Å². The van der Waals surface area contributed by atoms with Crippen LogP contribution in [0, 0.1) is 11.3 Å². The van der Waals surface area contributed by atoms with E-state index >= 15 is 0 Å². The number of ether oxygens (including phenoxy) is 2. The molecule has 9 heteroatoms. The molecule has 9 nitrogen and oxygen atoms in total. The van der Waals surface area contributed by atoms with E-state index in [1.165, 1.54) is 4.90 Å². The highest BCUT2D eigenvalue weighted by Crippen LogP contribution is 2.38. The number of carbonyl (C=O) groups is 2. The number of piperidine rings is 1. The van der Waals surface area contributed by atoms with E-state index < -0.39 is 0 Å². The lowest BCUT2D eigenvalue weighted by Gasteiger charge is -2.31. The fourth-order valence-electron chi connectivity index (χ4n) is 4.94. The van der Waals surface area contributed by atoms with Crippen LogP contribution in [-0.2, 0) is 4.79 Å². The Morgan fingerprint density at radius 2 is 1.82 bits per heavy atom. The van der Waals surface area contributed by atoms with Crippen molar-refractivity contribution in [2.75, 3.05) is 34.3 Å². The summed E-state index contributed by atoms with van der Waals surface area (Å²) in [6, 6.07) is 16.7. The molecule has 0 radical (unpaired) electrons. The van der Waals surface area contributed by atoms with Crippen molar-refractivity contribution in [2.45, 2.75) is 25.9 Å². The third-order valence-electron chi connectivity index (χ3n) is 7.12. The summed E-state index contributed by atoms with van der Waals surface area (Å²) in [5.41, 5.74) is 4.43. The van der Waals surface area contributed by atoms with Crippen molar-refractivity contribution >= 4 is 22.9 Å². The third kappa shape index (κ3) is 5.21. The minimum Gasteiger partial charge on any atom is -0.496 e. The van der Waals surface area contributed by atoms with Crippen LogP contribution in [0.5, 0.6) is 11.5 Å². The van der Waals surface area contributed by atoms with Crippen molar-refractivity contribution in [3.63, 3.8) is 0 Å². The summed E-state index contributed by atoms with van der Waals surface area (Å²) < 4.78 is 18.1. The number of fused-ring (bicyclic) bond motifs is 1. The minimum absolute atomic E-state index is 0.0526. The Morgan fingerprint density at radius 3 is 2.50 bits per heavy atom. The molecule has 0 bridgehead atoms. The molecule has 0 spiro atoms. The second kappa shape index (κ2) is 11.1. The van der Waals surface area contributed by atoms with Gasteiger partial charge in [0.1, 0.15) is 34.9 Å². The third-order valence-corrected chi connectivity index (χ3v) is 7.12. The van der Waals surface area contributed by atoms with E-state index in [0.29, 0.717) is 58.1 Å². The molecule has 0 atom stereocenters. The van der Waals surface area contributed by atoms with E-state index in [0.717, 1.165) is 24.0 Å². The number of nitriles is 1. The lowest BCUT2D eigenvalue weighted by atomic mass is 10.0. The number of benzene rings is 2. The zero-order chi connectivity index (χ0) is 28.4. The van der Waals surface area contributed by atoms with Gasteiger partial charge in [-0.15, -0.1) is 0 Å². The molecule has 0 unspecified atom stereocenters. The van der Waals surface area contributed by atoms with Gasteiger partial charge in [0.15, 0.2) is 5.58 Å². The summed E-state index contributed by atoms with van der Waals surface area (Å²) in [6.45, 7) is 2.87. The number of carbonyl (C=O) groups excluding carboxylic acids is 2. The Bertz CT molecular complexity index is 1630. The van der Waals surface area contributed by atoms with Crippen LogP contribution >= 0.6 is 0 Å². The lowest BCUT2D eigenvalue weighted by molar-refractivity contribution is -0.130. The lowest BCUT2D eigenvalue weighted by Crippen LogP contribution is -2.40. The average Bonchev–Trinajstić information content (AvgIpc) is 3.41. The Morgan fingerprint density at radius 1 is 1.05 bits per heavy atom. The summed E-state index contributed by atoms with van der Waals surface area (Å²) >= 11 is 0. The van der Waals surface area contributed by atoms with Gasteiger partial charge in [0.2, 0.25) is 5.91 Å². The normalized spacial score (nSPS) is 13.6. The zero-order valence-electron chi connectivity index (χ0n) is 22.9. The predicted molar refractivity (Wildman–Crippen MR) is 150 cm³/mol. The summed E-state index contributed by atoms with van der Waals surface area (Å²) in [7, 11) is 4.95. The van der Waals surface area contributed by atoms with Crippen molar-refractivity contribution in [3.8, 4) is 40.0 Å². The van der Waals surface area contributed by atoms with Gasteiger partial charge < -0.3 is 23.7 Å². The fraction of sp³-hybridized carbons (Fsp3) is 0.290. The second-order valence-corrected chi connectivity index (χ2v) is 9.94. The number of amides is 2. The van der Waals surface area contributed by atoms with Gasteiger partial charge in [-0.3, -0.25) is 14.6 Å². The number of furan rings is 1. The molecule has 1 aliphatic rings. The molecule has 5 rings (SSSR count). The van der Waals surface area contributed by atoms with Crippen molar-refractivity contribution in [3.05, 3.63) is 65.9 Å². The van der Waals surface area contributed by atoms with Crippen LogP contribution in [0.15, 0.2) is 59.1 Å². The number of likely N-dealkylation sites (tertiary alicyclic amines) is 1. The monoisotopic (exact) mass is 538 g/mol. The number of methoxy groups -OCH3 is 1. The van der Waals surface area contributed by atoms with Gasteiger partial charge in [0, 0.05) is 70.3 Å². The van der Waals surface area contributed by atoms with Gasteiger partial charge >= 0.3 is 0 Å². The highest BCUT2D eigenvalue weighted by Gasteiger charge is 2.23. The molecular formula is C31H30N4O5. The van der Waals surface area contributed by atoms with Crippen molar-refractivity contribution < 1.29 is 23.5 Å². The van der Waals surface area contributed by atoms with Crippen LogP contribution in [0.3, 0.4) is 0 Å². The zero-order valence-corrected chi connectivity index (χ0v) is 22.9. The molecule has 1 saturated heterocycles. The number of nitrogens with zero attached hydrogens (tertiary/aromatic N) is 4. The first kappa shape index (κ1) is 26.8. The van der Waals surface area contributed by atoms with Crippen LogP contribution in [0.4, 0.5) is 0 Å². The van der Waals surface area contributed by atoms with E-state index in [1.807, 2.05) is 29.2 Å². The molecule has 2 aromatic heterocycles. The van der Waals surface area contributed by atoms with Crippen LogP contribution in [0.2, 0.25) is 0 Å². The van der Waals surface area contributed by atoms with Gasteiger partial charge in [0.05, 0.1) is 18.2 Å². The fourth-order valence-corrected chi connectivity index (χ4v) is 4.94. The molecule has 3 heterocycles. The standard InChI is InChI=1S/C31H30N4O5/c1-19(36)35-13-10-23(11-14-35)39-27-8-6-20(15-22(27)18-32)24-9-12-33-26-17-29(40-30(24)26)25-7-5-21(16-28(25)38-4)31(37)34(2)3/h5-9,12,15-17,23H,10-11,13-14H2,1-4H3. The molecule has 2 amide bonds. The van der Waals surface area contributed by atoms with E-state index in [4.69, 9.17) is 13.9 Å². The maximum absolute atomic E-state index is 12.4. The Balaban J connectivity index is 1.45. The predicted octanol–water partition coefficient (Wildman–Crippen LogP) is 5.13. The maximum Gasteiger partial charge on any atom is 0.253 e. The minimum atomic E-state index is -0.124. The van der Waals surface area contributed by atoms with Gasteiger partial charge in [-0.25, -0.2) is 0 Å². The van der Waals surface area contributed by atoms with Gasteiger partial charge in [-0.1, -0.05) is 6.07 Å². The van der Waals surface area contributed by atoms with Gasteiger partial charge in [0.25, 0.3) is 5.91 Å². The largest absolute Gasteiger partial charge is 0.496 e. The first-order chi connectivity index (χ1) is 19.3. The average molecular weight is 539 g/mol. The Hall–Kier alpha value is -4.84. The Kier molecular flexibility index (Phi) is 7.43. The van der Waals surface area contributed by atoms with Crippen molar-refractivity contribution in [1.82, 2.24) is 14.8 Å². The Labute approximate surface area is 232 Å². The first-order valence-electron chi connectivity index (χ1n) is 13.0. The molecule has 40 heavy (non-hydrogen) atoms. The molecule has 204 valence electrons. The smallest absolute Gasteiger partial charge is 0.253 e. The molecule has 0 aliphatic carbocycles. The van der Waals surface area contributed by atoms with Crippen LogP contribution in [-0.4, -0.2) is 67.0 Å². The molecule has 1 aliphatic heterocycles. The molecule has 2 aromatic carbocycles. The number of aromatic nitrogens is 1. The topological polar surface area (TPSA) is 109 Å². The number of rotatable bonds is 6.